The van der Waals surface area contributed by atoms with Crippen molar-refractivity contribution >= 4 is 22.9 Å². The van der Waals surface area contributed by atoms with E-state index in [-0.39, 0.29) is 31.5 Å². The number of aromatic nitrogens is 4. The fourth-order valence-corrected chi connectivity index (χ4v) is 5.53. The van der Waals surface area contributed by atoms with Crippen LogP contribution in [-0.4, -0.2) is 51.4 Å². The molecule has 6 rings (SSSR count). The predicted octanol–water partition coefficient (Wildman–Crippen LogP) is 5.60. The van der Waals surface area contributed by atoms with E-state index in [1.165, 1.54) is 6.33 Å². The summed E-state index contributed by atoms with van der Waals surface area (Å²) in [6.07, 6.45) is 1.37. The number of fused-ring (bicyclic) bond motifs is 1. The van der Waals surface area contributed by atoms with Gasteiger partial charge in [-0.3, -0.25) is 4.79 Å². The number of amides is 1. The smallest absolute Gasteiger partial charge is 0.256 e. The Hall–Kier alpha value is -5.58. The van der Waals surface area contributed by atoms with Gasteiger partial charge in [-0.1, -0.05) is 72.8 Å². The van der Waals surface area contributed by atoms with E-state index in [9.17, 15) is 9.90 Å². The van der Waals surface area contributed by atoms with Crippen LogP contribution in [0.15, 0.2) is 116 Å². The van der Waals surface area contributed by atoms with Crippen LogP contribution in [0.4, 0.5) is 5.82 Å². The zero-order chi connectivity index (χ0) is 31.9. The number of nitrogens with zero attached hydrogens (tertiary/aromatic N) is 4. The average Bonchev–Trinajstić information content (AvgIpc) is 3.48. The molecule has 2 aromatic heterocycles. The number of aliphatic hydroxyl groups is 1. The van der Waals surface area contributed by atoms with Crippen LogP contribution >= 0.6 is 0 Å². The molecule has 0 saturated carbocycles. The van der Waals surface area contributed by atoms with Gasteiger partial charge in [0.05, 0.1) is 20.8 Å². The highest BCUT2D eigenvalue weighted by Crippen LogP contribution is 2.42. The van der Waals surface area contributed by atoms with Crippen molar-refractivity contribution in [2.24, 2.45) is 0 Å². The highest BCUT2D eigenvalue weighted by atomic mass is 16.5. The molecule has 0 atom stereocenters. The summed E-state index contributed by atoms with van der Waals surface area (Å²) in [6, 6.07) is 34.3. The van der Waals surface area contributed by atoms with E-state index in [0.717, 1.165) is 16.7 Å². The third-order valence-electron chi connectivity index (χ3n) is 7.79. The summed E-state index contributed by atoms with van der Waals surface area (Å²) >= 11 is 0. The van der Waals surface area contributed by atoms with Crippen LogP contribution in [0.5, 0.6) is 11.5 Å². The quantitative estimate of drug-likeness (QED) is 0.171. The zero-order valence-corrected chi connectivity index (χ0v) is 25.5. The largest absolute Gasteiger partial charge is 0.497 e. The molecule has 10 heteroatoms. The van der Waals surface area contributed by atoms with Crippen molar-refractivity contribution in [3.63, 3.8) is 0 Å². The summed E-state index contributed by atoms with van der Waals surface area (Å²) in [4.78, 5) is 26.7. The number of rotatable bonds is 12. The molecule has 0 spiro atoms. The Labute approximate surface area is 266 Å². The van der Waals surface area contributed by atoms with Gasteiger partial charge in [0.15, 0.2) is 17.0 Å². The van der Waals surface area contributed by atoms with Crippen LogP contribution in [0.1, 0.15) is 32.9 Å². The van der Waals surface area contributed by atoms with Crippen molar-refractivity contribution in [1.29, 1.82) is 0 Å². The molecule has 2 N–H and O–H groups in total. The van der Waals surface area contributed by atoms with Gasteiger partial charge in [0.2, 0.25) is 0 Å². The Kier molecular flexibility index (Phi) is 9.00. The van der Waals surface area contributed by atoms with Gasteiger partial charge in [0, 0.05) is 12.1 Å². The molecular formula is C36H33N5O5. The molecule has 0 unspecified atom stereocenters. The van der Waals surface area contributed by atoms with Crippen molar-refractivity contribution in [2.45, 2.75) is 18.8 Å². The molecule has 0 bridgehead atoms. The van der Waals surface area contributed by atoms with E-state index in [4.69, 9.17) is 19.2 Å². The fraction of sp³-hybridized carbons (Fsp3) is 0.167. The van der Waals surface area contributed by atoms with Gasteiger partial charge in [0.1, 0.15) is 35.9 Å². The van der Waals surface area contributed by atoms with E-state index >= 15 is 0 Å². The summed E-state index contributed by atoms with van der Waals surface area (Å²) in [6.45, 7) is 0.0754. The van der Waals surface area contributed by atoms with Gasteiger partial charge in [0.25, 0.3) is 5.91 Å². The number of nitrogens with one attached hydrogen (secondary N) is 1. The molecule has 10 nitrogen and oxygen atoms in total. The number of aliphatic hydroxyl groups excluding tert-OH is 1. The van der Waals surface area contributed by atoms with Crippen LogP contribution in [0.2, 0.25) is 0 Å². The molecule has 0 fully saturated rings. The molecular weight excluding hydrogens is 582 g/mol. The first-order valence-electron chi connectivity index (χ1n) is 14.7. The molecule has 0 saturated heterocycles. The number of ether oxygens (including phenoxy) is 3. The standard InChI is InChI=1S/C36H33N5O5/c1-44-29-17-13-27(14-18-29)36(26-11-7-4-8-12-26,28-15-19-30(45-2)20-16-28)46-23-31-39-32-33(37-24-38-34(32)41(31)21-22-42)40-35(43)25-9-5-3-6-10-25/h3-20,24,42H,21-23H2,1-2H3,(H,37,38,40,43). The number of benzene rings is 4. The highest BCUT2D eigenvalue weighted by molar-refractivity contribution is 6.06. The number of anilines is 1. The zero-order valence-electron chi connectivity index (χ0n) is 25.5. The van der Waals surface area contributed by atoms with E-state index < -0.39 is 5.60 Å². The van der Waals surface area contributed by atoms with Gasteiger partial charge in [-0.15, -0.1) is 0 Å². The number of carbonyl (C=O) groups excluding carboxylic acids is 1. The Morgan fingerprint density at radius 2 is 1.35 bits per heavy atom. The lowest BCUT2D eigenvalue weighted by molar-refractivity contribution is -0.00458. The lowest BCUT2D eigenvalue weighted by Gasteiger charge is -2.36. The van der Waals surface area contributed by atoms with Crippen molar-refractivity contribution in [3.8, 4) is 11.5 Å². The Morgan fingerprint density at radius 3 is 1.91 bits per heavy atom. The van der Waals surface area contributed by atoms with E-state index in [2.05, 4.69) is 15.3 Å². The molecule has 0 aliphatic rings. The lowest BCUT2D eigenvalue weighted by Crippen LogP contribution is -2.33. The van der Waals surface area contributed by atoms with Crippen LogP contribution in [0.3, 0.4) is 0 Å². The van der Waals surface area contributed by atoms with Crippen LogP contribution in [0, 0.1) is 0 Å². The second-order valence-corrected chi connectivity index (χ2v) is 10.4. The topological polar surface area (TPSA) is 121 Å². The molecule has 6 aromatic rings. The average molecular weight is 616 g/mol. The molecule has 0 aliphatic heterocycles. The summed E-state index contributed by atoms with van der Waals surface area (Å²) in [7, 11) is 3.26. The molecule has 0 aliphatic carbocycles. The Bertz CT molecular complexity index is 1860. The second kappa shape index (κ2) is 13.6. The summed E-state index contributed by atoms with van der Waals surface area (Å²) in [5.41, 5.74) is 2.88. The first-order chi connectivity index (χ1) is 22.6. The molecule has 1 amide bonds. The third-order valence-corrected chi connectivity index (χ3v) is 7.79. The van der Waals surface area contributed by atoms with E-state index in [0.29, 0.717) is 34.1 Å². The van der Waals surface area contributed by atoms with Crippen LogP contribution < -0.4 is 14.8 Å². The highest BCUT2D eigenvalue weighted by Gasteiger charge is 2.38. The normalized spacial score (nSPS) is 11.4. The van der Waals surface area contributed by atoms with Gasteiger partial charge in [-0.05, 0) is 53.1 Å². The molecule has 46 heavy (non-hydrogen) atoms. The van der Waals surface area contributed by atoms with Gasteiger partial charge < -0.3 is 29.2 Å². The lowest BCUT2D eigenvalue weighted by atomic mass is 9.80. The number of hydrogen-bond acceptors (Lipinski definition) is 8. The van der Waals surface area contributed by atoms with Crippen molar-refractivity contribution in [1.82, 2.24) is 19.5 Å². The first-order valence-corrected chi connectivity index (χ1v) is 14.7. The number of hydrogen-bond donors (Lipinski definition) is 2. The third kappa shape index (κ3) is 5.91. The van der Waals surface area contributed by atoms with Crippen LogP contribution in [0.25, 0.3) is 11.2 Å². The molecule has 4 aromatic carbocycles. The van der Waals surface area contributed by atoms with Crippen molar-refractivity contribution in [2.75, 3.05) is 26.1 Å². The first kappa shape index (κ1) is 30.4. The Morgan fingerprint density at radius 1 is 0.783 bits per heavy atom. The molecule has 2 heterocycles. The van der Waals surface area contributed by atoms with E-state index in [1.807, 2.05) is 84.9 Å². The maximum atomic E-state index is 13.0. The SMILES string of the molecule is COc1ccc(C(OCc2nc3c(NC(=O)c4ccccc4)ncnc3n2CCO)(c2ccccc2)c2ccc(OC)cc2)cc1. The van der Waals surface area contributed by atoms with Gasteiger partial charge in [-0.2, -0.15) is 0 Å². The number of methoxy groups -OCH3 is 2. The van der Waals surface area contributed by atoms with Crippen LogP contribution in [-0.2, 0) is 23.5 Å². The minimum absolute atomic E-state index is 0.0232. The Balaban J connectivity index is 1.46. The number of imidazole rings is 1. The minimum Gasteiger partial charge on any atom is -0.497 e. The summed E-state index contributed by atoms with van der Waals surface area (Å²) in [5.74, 6) is 1.87. The monoisotopic (exact) mass is 615 g/mol. The minimum atomic E-state index is -1.09. The predicted molar refractivity (Wildman–Crippen MR) is 174 cm³/mol. The van der Waals surface area contributed by atoms with E-state index in [1.54, 1.807) is 43.1 Å². The molecule has 232 valence electrons. The van der Waals surface area contributed by atoms with Gasteiger partial charge >= 0.3 is 0 Å². The summed E-state index contributed by atoms with van der Waals surface area (Å²) in [5, 5.41) is 12.9. The van der Waals surface area contributed by atoms with Crippen molar-refractivity contribution < 1.29 is 24.1 Å². The maximum absolute atomic E-state index is 13.0. The van der Waals surface area contributed by atoms with Gasteiger partial charge in [-0.25, -0.2) is 15.0 Å². The summed E-state index contributed by atoms with van der Waals surface area (Å²) < 4.78 is 19.7. The second-order valence-electron chi connectivity index (χ2n) is 10.4. The maximum Gasteiger partial charge on any atom is 0.256 e. The fourth-order valence-electron chi connectivity index (χ4n) is 5.53. The number of carbonyl (C=O) groups is 1. The molecule has 0 radical (unpaired) electrons. The van der Waals surface area contributed by atoms with Crippen molar-refractivity contribution in [3.05, 3.63) is 144 Å².